The van der Waals surface area contributed by atoms with Crippen molar-refractivity contribution in [1.29, 1.82) is 0 Å². The van der Waals surface area contributed by atoms with Gasteiger partial charge in [-0.1, -0.05) is 26.0 Å². The van der Waals surface area contributed by atoms with E-state index in [1.807, 2.05) is 0 Å². The van der Waals surface area contributed by atoms with Gasteiger partial charge >= 0.3 is 5.97 Å². The van der Waals surface area contributed by atoms with E-state index in [1.165, 1.54) is 12.7 Å². The molecule has 0 radical (unpaired) electrons. The Morgan fingerprint density at radius 3 is 2.68 bits per heavy atom. The molecule has 6 heteroatoms. The number of benzene rings is 1. The summed E-state index contributed by atoms with van der Waals surface area (Å²) in [6.07, 6.45) is 1.32. The van der Waals surface area contributed by atoms with Gasteiger partial charge in [0.2, 0.25) is 0 Å². The fourth-order valence-corrected chi connectivity index (χ4v) is 2.13. The molecular weight excluding hydrogens is 318 g/mol. The summed E-state index contributed by atoms with van der Waals surface area (Å²) in [6, 6.07) is 6.19. The zero-order chi connectivity index (χ0) is 18.7. The lowest BCUT2D eigenvalue weighted by Crippen LogP contribution is -2.38. The molecule has 0 heterocycles. The smallest absolute Gasteiger partial charge is 0.307 e. The number of carbonyl (C=O) groups is 1. The third-order valence-electron chi connectivity index (χ3n) is 3.69. The number of nitrogens with zero attached hydrogens (tertiary/aromatic N) is 1. The number of aryl methyl sites for hydroxylation is 1. The van der Waals surface area contributed by atoms with E-state index in [0.29, 0.717) is 38.0 Å². The molecule has 2 N–H and O–H groups in total. The Kier molecular flexibility index (Phi) is 9.43. The van der Waals surface area contributed by atoms with Crippen LogP contribution in [0.25, 0.3) is 0 Å². The van der Waals surface area contributed by atoms with E-state index in [9.17, 15) is 4.79 Å². The van der Waals surface area contributed by atoms with Crippen molar-refractivity contribution in [3.05, 3.63) is 29.3 Å². The lowest BCUT2D eigenvalue weighted by atomic mass is 10.1. The fraction of sp³-hybridized carbons (Fsp3) is 0.579. The standard InChI is InChI=1S/C19H31N3O3/c1-14(2)9-11-25-17-12-15(3)6-7-16(17)13-22-19(20-4)21-10-8-18(23)24-5/h6-7,12,14H,8-11,13H2,1-5H3,(H2,20,21,22). The van der Waals surface area contributed by atoms with Crippen molar-refractivity contribution in [2.45, 2.75) is 40.2 Å². The third-order valence-corrected chi connectivity index (χ3v) is 3.69. The van der Waals surface area contributed by atoms with Gasteiger partial charge in [-0.2, -0.15) is 0 Å². The first-order chi connectivity index (χ1) is 12.0. The minimum atomic E-state index is -0.248. The Morgan fingerprint density at radius 2 is 2.04 bits per heavy atom. The highest BCUT2D eigenvalue weighted by atomic mass is 16.5. The van der Waals surface area contributed by atoms with Crippen LogP contribution in [0.3, 0.4) is 0 Å². The molecule has 0 unspecified atom stereocenters. The maximum absolute atomic E-state index is 11.1. The van der Waals surface area contributed by atoms with E-state index in [1.54, 1.807) is 7.05 Å². The number of hydrogen-bond donors (Lipinski definition) is 2. The molecule has 0 spiro atoms. The molecule has 0 fully saturated rings. The molecule has 140 valence electrons. The summed E-state index contributed by atoms with van der Waals surface area (Å²) in [5.41, 5.74) is 2.24. The number of aliphatic imine (C=N–C) groups is 1. The van der Waals surface area contributed by atoms with Crippen molar-refractivity contribution in [1.82, 2.24) is 10.6 Å². The highest BCUT2D eigenvalue weighted by Gasteiger charge is 2.07. The van der Waals surface area contributed by atoms with Crippen LogP contribution in [0.2, 0.25) is 0 Å². The van der Waals surface area contributed by atoms with E-state index >= 15 is 0 Å². The third kappa shape index (κ3) is 8.42. The molecule has 0 bridgehead atoms. The lowest BCUT2D eigenvalue weighted by molar-refractivity contribution is -0.140. The Morgan fingerprint density at radius 1 is 1.28 bits per heavy atom. The first kappa shape index (κ1) is 20.8. The Hall–Kier alpha value is -2.24. The topological polar surface area (TPSA) is 72.0 Å². The van der Waals surface area contributed by atoms with Crippen LogP contribution in [0.15, 0.2) is 23.2 Å². The van der Waals surface area contributed by atoms with Gasteiger partial charge in [0, 0.05) is 25.7 Å². The predicted octanol–water partition coefficient (Wildman–Crippen LogP) is 2.65. The quantitative estimate of drug-likeness (QED) is 0.407. The van der Waals surface area contributed by atoms with Gasteiger partial charge in [-0.05, 0) is 30.9 Å². The molecule has 0 aliphatic rings. The van der Waals surface area contributed by atoms with E-state index in [-0.39, 0.29) is 5.97 Å². The summed E-state index contributed by atoms with van der Waals surface area (Å²) in [4.78, 5) is 15.3. The number of rotatable bonds is 9. The molecule has 0 saturated carbocycles. The summed E-state index contributed by atoms with van der Waals surface area (Å²) < 4.78 is 10.6. The molecule has 0 atom stereocenters. The lowest BCUT2D eigenvalue weighted by Gasteiger charge is -2.16. The number of ether oxygens (including phenoxy) is 2. The second-order valence-electron chi connectivity index (χ2n) is 6.32. The summed E-state index contributed by atoms with van der Waals surface area (Å²) >= 11 is 0. The highest BCUT2D eigenvalue weighted by molar-refractivity contribution is 5.80. The molecule has 0 aliphatic heterocycles. The van der Waals surface area contributed by atoms with Crippen molar-refractivity contribution in [2.75, 3.05) is 27.3 Å². The minimum Gasteiger partial charge on any atom is -0.493 e. The van der Waals surface area contributed by atoms with E-state index < -0.39 is 0 Å². The van der Waals surface area contributed by atoms with Crippen LogP contribution in [0.5, 0.6) is 5.75 Å². The van der Waals surface area contributed by atoms with Gasteiger partial charge in [0.05, 0.1) is 20.1 Å². The van der Waals surface area contributed by atoms with Gasteiger partial charge in [0.1, 0.15) is 5.75 Å². The predicted molar refractivity (Wildman–Crippen MR) is 101 cm³/mol. The first-order valence-corrected chi connectivity index (χ1v) is 8.70. The molecule has 0 aromatic heterocycles. The van der Waals surface area contributed by atoms with Crippen molar-refractivity contribution in [2.24, 2.45) is 10.9 Å². The van der Waals surface area contributed by atoms with Crippen molar-refractivity contribution >= 4 is 11.9 Å². The van der Waals surface area contributed by atoms with Crippen LogP contribution in [-0.2, 0) is 16.1 Å². The number of methoxy groups -OCH3 is 1. The molecule has 1 aromatic rings. The normalized spacial score (nSPS) is 11.4. The van der Waals surface area contributed by atoms with Gasteiger partial charge in [-0.15, -0.1) is 0 Å². The summed E-state index contributed by atoms with van der Waals surface area (Å²) in [7, 11) is 3.08. The second-order valence-corrected chi connectivity index (χ2v) is 6.32. The van der Waals surface area contributed by atoms with Crippen molar-refractivity contribution in [3.63, 3.8) is 0 Å². The van der Waals surface area contributed by atoms with Crippen LogP contribution in [0, 0.1) is 12.8 Å². The zero-order valence-electron chi connectivity index (χ0n) is 16.0. The van der Waals surface area contributed by atoms with Crippen LogP contribution in [0.4, 0.5) is 0 Å². The largest absolute Gasteiger partial charge is 0.493 e. The molecular formula is C19H31N3O3. The highest BCUT2D eigenvalue weighted by Crippen LogP contribution is 2.21. The average Bonchev–Trinajstić information content (AvgIpc) is 2.58. The number of guanidine groups is 1. The zero-order valence-corrected chi connectivity index (χ0v) is 16.0. The van der Waals surface area contributed by atoms with Gasteiger partial charge in [0.25, 0.3) is 0 Å². The Labute approximate surface area is 151 Å². The molecule has 0 saturated heterocycles. The van der Waals surface area contributed by atoms with Crippen LogP contribution in [-0.4, -0.2) is 39.2 Å². The molecule has 0 amide bonds. The van der Waals surface area contributed by atoms with Gasteiger partial charge < -0.3 is 20.1 Å². The number of carbonyl (C=O) groups excluding carboxylic acids is 1. The minimum absolute atomic E-state index is 0.248. The number of hydrogen-bond acceptors (Lipinski definition) is 4. The van der Waals surface area contributed by atoms with E-state index in [4.69, 9.17) is 4.74 Å². The number of nitrogens with one attached hydrogen (secondary N) is 2. The maximum Gasteiger partial charge on any atom is 0.307 e. The number of esters is 1. The second kappa shape index (κ2) is 11.3. The maximum atomic E-state index is 11.1. The summed E-state index contributed by atoms with van der Waals surface area (Å²) in [5, 5.41) is 6.33. The van der Waals surface area contributed by atoms with Crippen molar-refractivity contribution < 1.29 is 14.3 Å². The van der Waals surface area contributed by atoms with E-state index in [2.05, 4.69) is 59.3 Å². The molecule has 0 aliphatic carbocycles. The van der Waals surface area contributed by atoms with Crippen molar-refractivity contribution in [3.8, 4) is 5.75 Å². The molecule has 1 aromatic carbocycles. The van der Waals surface area contributed by atoms with Crippen LogP contribution < -0.4 is 15.4 Å². The first-order valence-electron chi connectivity index (χ1n) is 8.70. The van der Waals surface area contributed by atoms with E-state index in [0.717, 1.165) is 17.7 Å². The molecule has 1 rings (SSSR count). The SMILES string of the molecule is CN=C(NCCC(=O)OC)NCc1ccc(C)cc1OCCC(C)C. The van der Waals surface area contributed by atoms with Gasteiger partial charge in [0.15, 0.2) is 5.96 Å². The monoisotopic (exact) mass is 349 g/mol. The van der Waals surface area contributed by atoms with Gasteiger partial charge in [-0.3, -0.25) is 9.79 Å². The summed E-state index contributed by atoms with van der Waals surface area (Å²) in [5.74, 6) is 1.90. The molecule has 6 nitrogen and oxygen atoms in total. The Balaban J connectivity index is 2.57. The fourth-order valence-electron chi connectivity index (χ4n) is 2.13. The molecule has 25 heavy (non-hydrogen) atoms. The van der Waals surface area contributed by atoms with Gasteiger partial charge in [-0.25, -0.2) is 0 Å². The Bertz CT molecular complexity index is 571. The van der Waals surface area contributed by atoms with Crippen LogP contribution >= 0.6 is 0 Å². The van der Waals surface area contributed by atoms with Crippen LogP contribution in [0.1, 0.15) is 37.8 Å². The summed E-state index contributed by atoms with van der Waals surface area (Å²) in [6.45, 7) is 8.20. The average molecular weight is 349 g/mol.